The van der Waals surface area contributed by atoms with E-state index in [4.69, 9.17) is 5.73 Å². The van der Waals surface area contributed by atoms with Crippen LogP contribution in [0.5, 0.6) is 0 Å². The standard InChI is InChI=1S/C17H19N3O/c1-12-8-9-20(16-5-3-2-4-15(12)16)17(21)10-14-7-6-13(18)11-19-14/h2-7,11-12H,8-10,18H2,1H3. The first-order valence-corrected chi connectivity index (χ1v) is 7.25. The van der Waals surface area contributed by atoms with Gasteiger partial charge < -0.3 is 10.6 Å². The second-order valence-electron chi connectivity index (χ2n) is 5.55. The lowest BCUT2D eigenvalue weighted by atomic mass is 9.91. The summed E-state index contributed by atoms with van der Waals surface area (Å²) >= 11 is 0. The minimum Gasteiger partial charge on any atom is -0.397 e. The van der Waals surface area contributed by atoms with Gasteiger partial charge in [0.05, 0.1) is 18.3 Å². The fraction of sp³-hybridized carbons (Fsp3) is 0.294. The Morgan fingerprint density at radius 2 is 2.14 bits per heavy atom. The molecule has 2 heterocycles. The molecule has 0 aliphatic carbocycles. The minimum absolute atomic E-state index is 0.0895. The number of aromatic nitrogens is 1. The number of fused-ring (bicyclic) bond motifs is 1. The van der Waals surface area contributed by atoms with Crippen molar-refractivity contribution in [1.29, 1.82) is 0 Å². The van der Waals surface area contributed by atoms with Crippen LogP contribution in [0, 0.1) is 0 Å². The average molecular weight is 281 g/mol. The van der Waals surface area contributed by atoms with Crippen molar-refractivity contribution in [3.05, 3.63) is 53.9 Å². The molecule has 108 valence electrons. The number of carbonyl (C=O) groups excluding carboxylic acids is 1. The predicted octanol–water partition coefficient (Wildman–Crippen LogP) is 2.75. The Morgan fingerprint density at radius 1 is 1.33 bits per heavy atom. The van der Waals surface area contributed by atoms with Crippen LogP contribution < -0.4 is 10.6 Å². The third kappa shape index (κ3) is 2.75. The highest BCUT2D eigenvalue weighted by Crippen LogP contribution is 2.34. The lowest BCUT2D eigenvalue weighted by Crippen LogP contribution is -2.37. The molecule has 0 saturated carbocycles. The first-order chi connectivity index (χ1) is 10.1. The van der Waals surface area contributed by atoms with E-state index in [-0.39, 0.29) is 5.91 Å². The smallest absolute Gasteiger partial charge is 0.233 e. The molecule has 0 fully saturated rings. The summed E-state index contributed by atoms with van der Waals surface area (Å²) in [6.07, 6.45) is 2.90. The molecule has 1 amide bonds. The van der Waals surface area contributed by atoms with Crippen LogP contribution in [0.2, 0.25) is 0 Å². The Hall–Kier alpha value is -2.36. The molecule has 2 aromatic rings. The van der Waals surface area contributed by atoms with E-state index in [1.54, 1.807) is 12.3 Å². The number of carbonyl (C=O) groups is 1. The van der Waals surface area contributed by atoms with Crippen LogP contribution in [-0.2, 0) is 11.2 Å². The van der Waals surface area contributed by atoms with E-state index in [0.717, 1.165) is 24.3 Å². The third-order valence-electron chi connectivity index (χ3n) is 4.03. The van der Waals surface area contributed by atoms with Crippen LogP contribution in [0.15, 0.2) is 42.6 Å². The van der Waals surface area contributed by atoms with Gasteiger partial charge in [-0.1, -0.05) is 25.1 Å². The van der Waals surface area contributed by atoms with Crippen LogP contribution in [0.4, 0.5) is 11.4 Å². The third-order valence-corrected chi connectivity index (χ3v) is 4.03. The Bertz CT molecular complexity index is 651. The highest BCUT2D eigenvalue weighted by Gasteiger charge is 2.26. The Kier molecular flexibility index (Phi) is 3.60. The number of hydrogen-bond acceptors (Lipinski definition) is 3. The van der Waals surface area contributed by atoms with Crippen molar-refractivity contribution in [2.75, 3.05) is 17.2 Å². The van der Waals surface area contributed by atoms with Crippen molar-refractivity contribution >= 4 is 17.3 Å². The summed E-state index contributed by atoms with van der Waals surface area (Å²) in [5.74, 6) is 0.589. The average Bonchev–Trinajstić information content (AvgIpc) is 2.50. The van der Waals surface area contributed by atoms with Crippen molar-refractivity contribution in [1.82, 2.24) is 4.98 Å². The molecule has 1 aromatic heterocycles. The Morgan fingerprint density at radius 3 is 2.90 bits per heavy atom. The molecule has 1 atom stereocenters. The van der Waals surface area contributed by atoms with E-state index in [2.05, 4.69) is 18.0 Å². The van der Waals surface area contributed by atoms with Crippen molar-refractivity contribution < 1.29 is 4.79 Å². The summed E-state index contributed by atoms with van der Waals surface area (Å²) in [4.78, 5) is 18.7. The van der Waals surface area contributed by atoms with Gasteiger partial charge in [0.2, 0.25) is 5.91 Å². The summed E-state index contributed by atoms with van der Waals surface area (Å²) in [7, 11) is 0. The summed E-state index contributed by atoms with van der Waals surface area (Å²) in [5.41, 5.74) is 9.28. The second-order valence-corrected chi connectivity index (χ2v) is 5.55. The molecule has 1 aromatic carbocycles. The number of rotatable bonds is 2. The molecular weight excluding hydrogens is 262 g/mol. The summed E-state index contributed by atoms with van der Waals surface area (Å²) in [6, 6.07) is 11.7. The number of para-hydroxylation sites is 1. The number of benzene rings is 1. The van der Waals surface area contributed by atoms with Gasteiger partial charge in [0, 0.05) is 17.9 Å². The van der Waals surface area contributed by atoms with Gasteiger partial charge >= 0.3 is 0 Å². The van der Waals surface area contributed by atoms with Crippen molar-refractivity contribution in [2.24, 2.45) is 0 Å². The molecule has 1 aliphatic rings. The maximum Gasteiger partial charge on any atom is 0.233 e. The highest BCUT2D eigenvalue weighted by molar-refractivity contribution is 5.95. The zero-order chi connectivity index (χ0) is 14.8. The van der Waals surface area contributed by atoms with Crippen LogP contribution in [0.25, 0.3) is 0 Å². The van der Waals surface area contributed by atoms with Crippen LogP contribution in [0.1, 0.15) is 30.5 Å². The first kappa shape index (κ1) is 13.6. The predicted molar refractivity (Wildman–Crippen MR) is 84.2 cm³/mol. The van der Waals surface area contributed by atoms with Crippen molar-refractivity contribution in [3.8, 4) is 0 Å². The number of anilines is 2. The number of pyridine rings is 1. The van der Waals surface area contributed by atoms with E-state index < -0.39 is 0 Å². The molecule has 4 nitrogen and oxygen atoms in total. The second kappa shape index (κ2) is 5.56. The monoisotopic (exact) mass is 281 g/mol. The summed E-state index contributed by atoms with van der Waals surface area (Å²) in [5, 5.41) is 0. The highest BCUT2D eigenvalue weighted by atomic mass is 16.2. The number of hydrogen-bond donors (Lipinski definition) is 1. The van der Waals surface area contributed by atoms with Crippen LogP contribution in [0.3, 0.4) is 0 Å². The van der Waals surface area contributed by atoms with Crippen molar-refractivity contribution in [2.45, 2.75) is 25.7 Å². The molecule has 0 spiro atoms. The van der Waals surface area contributed by atoms with Gasteiger partial charge in [-0.2, -0.15) is 0 Å². The molecule has 0 saturated heterocycles. The molecular formula is C17H19N3O. The van der Waals surface area contributed by atoms with Crippen LogP contribution >= 0.6 is 0 Å². The largest absolute Gasteiger partial charge is 0.397 e. The van der Waals surface area contributed by atoms with Gasteiger partial charge in [0.15, 0.2) is 0 Å². The van der Waals surface area contributed by atoms with Gasteiger partial charge in [-0.25, -0.2) is 0 Å². The molecule has 0 bridgehead atoms. The van der Waals surface area contributed by atoms with Gasteiger partial charge in [-0.3, -0.25) is 9.78 Å². The van der Waals surface area contributed by atoms with Gasteiger partial charge in [0.25, 0.3) is 0 Å². The van der Waals surface area contributed by atoms with E-state index in [0.29, 0.717) is 18.0 Å². The van der Waals surface area contributed by atoms with E-state index in [9.17, 15) is 4.79 Å². The molecule has 0 radical (unpaired) electrons. The molecule has 3 rings (SSSR count). The van der Waals surface area contributed by atoms with Gasteiger partial charge in [-0.15, -0.1) is 0 Å². The molecule has 1 unspecified atom stereocenters. The van der Waals surface area contributed by atoms with Crippen molar-refractivity contribution in [3.63, 3.8) is 0 Å². The SMILES string of the molecule is CC1CCN(C(=O)Cc2ccc(N)cn2)c2ccccc21. The lowest BCUT2D eigenvalue weighted by Gasteiger charge is -2.33. The maximum atomic E-state index is 12.6. The molecule has 4 heteroatoms. The fourth-order valence-electron chi connectivity index (χ4n) is 2.80. The number of nitrogen functional groups attached to an aromatic ring is 1. The van der Waals surface area contributed by atoms with Gasteiger partial charge in [-0.05, 0) is 36.1 Å². The molecule has 1 aliphatic heterocycles. The topological polar surface area (TPSA) is 59.2 Å². The van der Waals surface area contributed by atoms with E-state index in [1.807, 2.05) is 29.2 Å². The summed E-state index contributed by atoms with van der Waals surface area (Å²) < 4.78 is 0. The fourth-order valence-corrected chi connectivity index (χ4v) is 2.80. The van der Waals surface area contributed by atoms with Crippen LogP contribution in [-0.4, -0.2) is 17.4 Å². The quantitative estimate of drug-likeness (QED) is 0.920. The van der Waals surface area contributed by atoms with E-state index >= 15 is 0 Å². The number of nitrogens with zero attached hydrogens (tertiary/aromatic N) is 2. The zero-order valence-electron chi connectivity index (χ0n) is 12.1. The first-order valence-electron chi connectivity index (χ1n) is 7.25. The summed E-state index contributed by atoms with van der Waals surface area (Å²) in [6.45, 7) is 2.98. The Balaban J connectivity index is 1.82. The Labute approximate surface area is 124 Å². The minimum atomic E-state index is 0.0895. The normalized spacial score (nSPS) is 17.4. The maximum absolute atomic E-state index is 12.6. The number of amides is 1. The zero-order valence-corrected chi connectivity index (χ0v) is 12.1. The number of nitrogens with two attached hydrogens (primary N) is 1. The lowest BCUT2D eigenvalue weighted by molar-refractivity contribution is -0.118. The van der Waals surface area contributed by atoms with Gasteiger partial charge in [0.1, 0.15) is 0 Å². The van der Waals surface area contributed by atoms with E-state index in [1.165, 1.54) is 5.56 Å². The molecule has 2 N–H and O–H groups in total. The molecule has 21 heavy (non-hydrogen) atoms.